The Morgan fingerprint density at radius 3 is 1.50 bits per heavy atom. The largest absolute Gasteiger partial charge is 0.456 e. The van der Waals surface area contributed by atoms with Crippen molar-refractivity contribution < 1.29 is 8.83 Å². The lowest BCUT2D eigenvalue weighted by Gasteiger charge is -2.29. The normalized spacial score (nSPS) is 11.6. The lowest BCUT2D eigenvalue weighted by molar-refractivity contribution is 0.669. The second-order valence-corrected chi connectivity index (χ2v) is 18.5. The molecule has 0 N–H and O–H groups in total. The molecular weight excluding hydrogens is 877 g/mol. The third-order valence-corrected chi connectivity index (χ3v) is 14.2. The van der Waals surface area contributed by atoms with Gasteiger partial charge in [-0.3, -0.25) is 0 Å². The molecule has 72 heavy (non-hydrogen) atoms. The van der Waals surface area contributed by atoms with E-state index in [4.69, 9.17) is 8.83 Å². The van der Waals surface area contributed by atoms with Crippen LogP contribution in [0.5, 0.6) is 0 Å². The fourth-order valence-electron chi connectivity index (χ4n) is 10.7. The van der Waals surface area contributed by atoms with Crippen molar-refractivity contribution in [3.8, 4) is 33.4 Å². The molecule has 0 fully saturated rings. The lowest BCUT2D eigenvalue weighted by Crippen LogP contribution is -2.12. The molecule has 14 aromatic rings. The number of benzene rings is 12. The standard InChI is InChI=1S/C68H44N2O2/c1-3-14-45(15-4-1)47-28-31-54(32-29-47)70(58-35-37-62-63-41-48-18-7-8-19-49(48)42-66(63)72-68(62)44-58)64-24-11-9-22-59(64)53-20-13-21-55(40-53)69(57-34-36-61-60-23-10-12-25-65(60)71-67(61)43-57)56-33-30-51-38-50(26-27-52(51)39-56)46-16-5-2-6-17-46/h1-44H. The summed E-state index contributed by atoms with van der Waals surface area (Å²) in [6.07, 6.45) is 0. The molecule has 0 spiro atoms. The minimum Gasteiger partial charge on any atom is -0.456 e. The molecule has 0 aliphatic rings. The maximum atomic E-state index is 6.70. The van der Waals surface area contributed by atoms with Crippen molar-refractivity contribution in [3.63, 3.8) is 0 Å². The second-order valence-electron chi connectivity index (χ2n) is 18.5. The molecule has 2 aromatic heterocycles. The van der Waals surface area contributed by atoms with Gasteiger partial charge in [0.2, 0.25) is 0 Å². The van der Waals surface area contributed by atoms with Crippen molar-refractivity contribution in [1.82, 2.24) is 0 Å². The Hall–Kier alpha value is -9.64. The van der Waals surface area contributed by atoms with Gasteiger partial charge in [0.1, 0.15) is 22.3 Å². The van der Waals surface area contributed by atoms with Crippen LogP contribution in [0, 0.1) is 0 Å². The summed E-state index contributed by atoms with van der Waals surface area (Å²) in [7, 11) is 0. The number of nitrogens with zero attached hydrogens (tertiary/aromatic N) is 2. The molecule has 0 amide bonds. The van der Waals surface area contributed by atoms with Gasteiger partial charge in [-0.1, -0.05) is 164 Å². The zero-order valence-corrected chi connectivity index (χ0v) is 39.1. The average Bonchev–Trinajstić information content (AvgIpc) is 4.00. The summed E-state index contributed by atoms with van der Waals surface area (Å²) >= 11 is 0. The Morgan fingerprint density at radius 2 is 0.708 bits per heavy atom. The zero-order chi connectivity index (χ0) is 47.5. The maximum Gasteiger partial charge on any atom is 0.137 e. The first-order chi connectivity index (χ1) is 35.6. The smallest absolute Gasteiger partial charge is 0.137 e. The quantitative estimate of drug-likeness (QED) is 0.144. The van der Waals surface area contributed by atoms with E-state index in [1.165, 1.54) is 27.5 Å². The summed E-state index contributed by atoms with van der Waals surface area (Å²) in [6.45, 7) is 0. The number of hydrogen-bond donors (Lipinski definition) is 0. The van der Waals surface area contributed by atoms with Crippen molar-refractivity contribution in [3.05, 3.63) is 267 Å². The van der Waals surface area contributed by atoms with E-state index in [9.17, 15) is 0 Å². The van der Waals surface area contributed by atoms with Crippen LogP contribution >= 0.6 is 0 Å². The molecule has 4 heteroatoms. The predicted octanol–water partition coefficient (Wildman–Crippen LogP) is 19.7. The summed E-state index contributed by atoms with van der Waals surface area (Å²) in [5.41, 5.74) is 16.5. The van der Waals surface area contributed by atoms with E-state index in [1.807, 2.05) is 12.1 Å². The monoisotopic (exact) mass is 920 g/mol. The van der Waals surface area contributed by atoms with Crippen LogP contribution in [0.3, 0.4) is 0 Å². The second kappa shape index (κ2) is 17.1. The van der Waals surface area contributed by atoms with E-state index < -0.39 is 0 Å². The highest BCUT2D eigenvalue weighted by Crippen LogP contribution is 2.46. The molecule has 2 heterocycles. The third-order valence-electron chi connectivity index (χ3n) is 14.2. The first-order valence-corrected chi connectivity index (χ1v) is 24.5. The summed E-state index contributed by atoms with van der Waals surface area (Å²) < 4.78 is 13.2. The van der Waals surface area contributed by atoms with E-state index in [1.54, 1.807) is 0 Å². The SMILES string of the molecule is c1ccc(-c2ccc(N(c3ccc4c(c3)oc3cc5ccccc5cc34)c3ccccc3-c3cccc(N(c4ccc5cc(-c6ccccc6)ccc5c4)c4ccc5c(c4)oc4ccccc45)c3)cc2)cc1. The summed E-state index contributed by atoms with van der Waals surface area (Å²) in [5.74, 6) is 0. The first kappa shape index (κ1) is 41.3. The highest BCUT2D eigenvalue weighted by Gasteiger charge is 2.22. The van der Waals surface area contributed by atoms with Crippen molar-refractivity contribution in [1.29, 1.82) is 0 Å². The van der Waals surface area contributed by atoms with E-state index in [2.05, 4.69) is 265 Å². The van der Waals surface area contributed by atoms with Gasteiger partial charge < -0.3 is 18.6 Å². The molecule has 14 rings (SSSR count). The number of anilines is 6. The number of fused-ring (bicyclic) bond motifs is 8. The topological polar surface area (TPSA) is 32.8 Å². The number of rotatable bonds is 9. The summed E-state index contributed by atoms with van der Waals surface area (Å²) in [6, 6.07) is 95.5. The van der Waals surface area contributed by atoms with Gasteiger partial charge in [-0.05, 0) is 140 Å². The van der Waals surface area contributed by atoms with E-state index in [-0.39, 0.29) is 0 Å². The van der Waals surface area contributed by atoms with Crippen LogP contribution in [0.4, 0.5) is 34.1 Å². The van der Waals surface area contributed by atoms with E-state index in [0.717, 1.165) is 105 Å². The number of hydrogen-bond acceptors (Lipinski definition) is 4. The molecule has 338 valence electrons. The molecule has 0 saturated carbocycles. The predicted molar refractivity (Wildman–Crippen MR) is 302 cm³/mol. The van der Waals surface area contributed by atoms with Crippen LogP contribution in [0.1, 0.15) is 0 Å². The Balaban J connectivity index is 0.919. The minimum absolute atomic E-state index is 0.840. The summed E-state index contributed by atoms with van der Waals surface area (Å²) in [5, 5.41) is 9.09. The van der Waals surface area contributed by atoms with E-state index in [0.29, 0.717) is 0 Å². The third kappa shape index (κ3) is 7.24. The molecule has 0 aliphatic heterocycles. The van der Waals surface area contributed by atoms with Crippen LogP contribution in [-0.2, 0) is 0 Å². The van der Waals surface area contributed by atoms with Crippen molar-refractivity contribution in [2.45, 2.75) is 0 Å². The highest BCUT2D eigenvalue weighted by molar-refractivity contribution is 6.11. The van der Waals surface area contributed by atoms with Crippen LogP contribution in [0.15, 0.2) is 276 Å². The molecule has 0 bridgehead atoms. The first-order valence-electron chi connectivity index (χ1n) is 24.5. The van der Waals surface area contributed by atoms with Gasteiger partial charge in [-0.2, -0.15) is 0 Å². The molecule has 4 nitrogen and oxygen atoms in total. The van der Waals surface area contributed by atoms with Crippen LogP contribution in [0.2, 0.25) is 0 Å². The molecule has 12 aromatic carbocycles. The molecular formula is C68H44N2O2. The average molecular weight is 921 g/mol. The summed E-state index contributed by atoms with van der Waals surface area (Å²) in [4.78, 5) is 4.71. The van der Waals surface area contributed by atoms with Crippen molar-refractivity contribution >= 4 is 99.5 Å². The van der Waals surface area contributed by atoms with Gasteiger partial charge in [0.15, 0.2) is 0 Å². The van der Waals surface area contributed by atoms with Crippen LogP contribution < -0.4 is 9.80 Å². The highest BCUT2D eigenvalue weighted by atomic mass is 16.3. The number of furan rings is 2. The van der Waals surface area contributed by atoms with Crippen molar-refractivity contribution in [2.75, 3.05) is 9.80 Å². The number of para-hydroxylation sites is 2. The molecule has 0 aliphatic carbocycles. The van der Waals surface area contributed by atoms with E-state index >= 15 is 0 Å². The molecule has 0 atom stereocenters. The fourth-order valence-corrected chi connectivity index (χ4v) is 10.7. The van der Waals surface area contributed by atoms with Crippen LogP contribution in [0.25, 0.3) is 98.8 Å². The zero-order valence-electron chi connectivity index (χ0n) is 39.1. The van der Waals surface area contributed by atoms with Gasteiger partial charge in [0, 0.05) is 67.7 Å². The Labute approximate surface area is 416 Å². The maximum absolute atomic E-state index is 6.70. The molecule has 0 radical (unpaired) electrons. The minimum atomic E-state index is 0.840. The van der Waals surface area contributed by atoms with Gasteiger partial charge in [-0.25, -0.2) is 0 Å². The Bertz CT molecular complexity index is 4340. The van der Waals surface area contributed by atoms with Gasteiger partial charge in [-0.15, -0.1) is 0 Å². The van der Waals surface area contributed by atoms with Gasteiger partial charge in [0.25, 0.3) is 0 Å². The Morgan fingerprint density at radius 1 is 0.222 bits per heavy atom. The lowest BCUT2D eigenvalue weighted by atomic mass is 9.99. The van der Waals surface area contributed by atoms with Crippen LogP contribution in [-0.4, -0.2) is 0 Å². The molecule has 0 unspecified atom stereocenters. The van der Waals surface area contributed by atoms with Gasteiger partial charge >= 0.3 is 0 Å². The fraction of sp³-hybridized carbons (Fsp3) is 0. The van der Waals surface area contributed by atoms with Crippen molar-refractivity contribution in [2.24, 2.45) is 0 Å². The molecule has 0 saturated heterocycles. The Kier molecular flexibility index (Phi) is 9.82. The van der Waals surface area contributed by atoms with Gasteiger partial charge in [0.05, 0.1) is 5.69 Å².